The first-order valence-corrected chi connectivity index (χ1v) is 9.22. The van der Waals surface area contributed by atoms with Crippen molar-refractivity contribution in [3.05, 3.63) is 71.4 Å². The van der Waals surface area contributed by atoms with Crippen LogP contribution >= 0.6 is 0 Å². The molecule has 2 heterocycles. The van der Waals surface area contributed by atoms with E-state index in [1.165, 1.54) is 19.2 Å². The van der Waals surface area contributed by atoms with E-state index in [1.54, 1.807) is 25.1 Å². The number of nitrogens with zero attached hydrogens (tertiary/aromatic N) is 4. The monoisotopic (exact) mass is 445 g/mol. The Morgan fingerprint density at radius 1 is 1.06 bits per heavy atom. The van der Waals surface area contributed by atoms with Crippen molar-refractivity contribution in [2.45, 2.75) is 13.1 Å². The summed E-state index contributed by atoms with van der Waals surface area (Å²) in [5, 5.41) is 6.25. The van der Waals surface area contributed by atoms with Crippen LogP contribution in [-0.2, 0) is 6.18 Å². The van der Waals surface area contributed by atoms with E-state index in [-0.39, 0.29) is 11.3 Å². The van der Waals surface area contributed by atoms with Crippen molar-refractivity contribution in [2.75, 3.05) is 12.4 Å². The van der Waals surface area contributed by atoms with Crippen LogP contribution in [-0.4, -0.2) is 32.6 Å². The van der Waals surface area contributed by atoms with Gasteiger partial charge in [-0.2, -0.15) is 22.7 Å². The topological polar surface area (TPSA) is 81.4 Å². The van der Waals surface area contributed by atoms with Crippen LogP contribution in [0.2, 0.25) is 0 Å². The molecule has 1 N–H and O–H groups in total. The number of carbonyl (C=O) groups is 1. The second kappa shape index (κ2) is 7.91. The summed E-state index contributed by atoms with van der Waals surface area (Å²) >= 11 is 0. The molecule has 11 heteroatoms. The molecular formula is C21H15F4N5O2. The maximum Gasteiger partial charge on any atom is 0.433 e. The summed E-state index contributed by atoms with van der Waals surface area (Å²) in [7, 11) is 1.42. The number of anilines is 1. The molecule has 0 spiro atoms. The zero-order chi connectivity index (χ0) is 23.0. The highest BCUT2D eigenvalue weighted by molar-refractivity contribution is 6.02. The molecule has 4 rings (SSSR count). The number of methoxy groups -OCH3 is 1. The summed E-state index contributed by atoms with van der Waals surface area (Å²) in [5.41, 5.74) is 0.116. The molecule has 1 amide bonds. The average Bonchev–Trinajstić information content (AvgIpc) is 3.17. The molecule has 0 saturated carbocycles. The minimum atomic E-state index is -4.81. The Morgan fingerprint density at radius 2 is 1.78 bits per heavy atom. The Balaban J connectivity index is 1.78. The molecule has 0 aliphatic heterocycles. The van der Waals surface area contributed by atoms with Gasteiger partial charge >= 0.3 is 6.18 Å². The van der Waals surface area contributed by atoms with Crippen LogP contribution < -0.4 is 10.1 Å². The van der Waals surface area contributed by atoms with Gasteiger partial charge in [-0.05, 0) is 55.0 Å². The number of alkyl halides is 3. The lowest BCUT2D eigenvalue weighted by atomic mass is 10.1. The number of hydrogen-bond donors (Lipinski definition) is 1. The van der Waals surface area contributed by atoms with Crippen molar-refractivity contribution in [1.82, 2.24) is 19.6 Å². The highest BCUT2D eigenvalue weighted by Crippen LogP contribution is 2.32. The first-order chi connectivity index (χ1) is 15.2. The smallest absolute Gasteiger partial charge is 0.433 e. The second-order valence-corrected chi connectivity index (χ2v) is 6.84. The molecule has 0 fully saturated rings. The number of amides is 1. The molecule has 0 atom stereocenters. The number of rotatable bonds is 4. The number of halogens is 4. The molecule has 4 aromatic rings. The Hall–Kier alpha value is -4.02. The highest BCUT2D eigenvalue weighted by Gasteiger charge is 2.36. The number of aryl methyl sites for hydroxylation is 1. The van der Waals surface area contributed by atoms with Crippen molar-refractivity contribution in [2.24, 2.45) is 0 Å². The molecule has 0 radical (unpaired) electrons. The number of nitrogens with one attached hydrogen (secondary N) is 1. The fourth-order valence-electron chi connectivity index (χ4n) is 3.03. The normalized spacial score (nSPS) is 11.6. The second-order valence-electron chi connectivity index (χ2n) is 6.84. The van der Waals surface area contributed by atoms with E-state index < -0.39 is 35.2 Å². The fourth-order valence-corrected chi connectivity index (χ4v) is 3.03. The van der Waals surface area contributed by atoms with Gasteiger partial charge in [0.05, 0.1) is 18.5 Å². The Labute approximate surface area is 178 Å². The summed E-state index contributed by atoms with van der Waals surface area (Å²) in [6.45, 7) is 1.80. The van der Waals surface area contributed by atoms with Gasteiger partial charge in [0.1, 0.15) is 11.6 Å². The number of hydrogen-bond acceptors (Lipinski definition) is 5. The van der Waals surface area contributed by atoms with Crippen LogP contribution in [0.1, 0.15) is 21.9 Å². The van der Waals surface area contributed by atoms with Gasteiger partial charge in [0.15, 0.2) is 5.69 Å². The van der Waals surface area contributed by atoms with Crippen molar-refractivity contribution in [3.8, 4) is 17.0 Å². The van der Waals surface area contributed by atoms with Gasteiger partial charge in [-0.3, -0.25) is 4.79 Å². The summed E-state index contributed by atoms with van der Waals surface area (Å²) in [6.07, 6.45) is -4.81. The number of carbonyl (C=O) groups excluding carboxylic acids is 1. The van der Waals surface area contributed by atoms with Gasteiger partial charge in [-0.1, -0.05) is 6.07 Å². The largest absolute Gasteiger partial charge is 0.495 e. The lowest BCUT2D eigenvalue weighted by Gasteiger charge is -2.10. The first kappa shape index (κ1) is 21.2. The maximum atomic E-state index is 13.7. The van der Waals surface area contributed by atoms with Crippen molar-refractivity contribution < 1.29 is 27.1 Å². The summed E-state index contributed by atoms with van der Waals surface area (Å²) in [5.74, 6) is -1.96. The van der Waals surface area contributed by atoms with E-state index in [9.17, 15) is 22.4 Å². The first-order valence-electron chi connectivity index (χ1n) is 9.22. The highest BCUT2D eigenvalue weighted by atomic mass is 19.4. The molecule has 2 aromatic carbocycles. The SMILES string of the molecule is COc1ccc(C)cc1NC(=O)c1nc2nc(-c3ccc(F)cc3)cc(C(F)(F)F)n2n1. The van der Waals surface area contributed by atoms with Crippen LogP contribution in [0.5, 0.6) is 5.75 Å². The molecular weight excluding hydrogens is 430 g/mol. The van der Waals surface area contributed by atoms with Gasteiger partial charge in [0.2, 0.25) is 5.82 Å². The Bertz CT molecular complexity index is 1320. The minimum Gasteiger partial charge on any atom is -0.495 e. The molecule has 7 nitrogen and oxygen atoms in total. The zero-order valence-corrected chi connectivity index (χ0v) is 16.7. The van der Waals surface area contributed by atoms with Crippen LogP contribution in [0.25, 0.3) is 17.0 Å². The van der Waals surface area contributed by atoms with Gasteiger partial charge in [0.25, 0.3) is 11.7 Å². The van der Waals surface area contributed by atoms with Gasteiger partial charge in [-0.15, -0.1) is 5.10 Å². The third-order valence-corrected chi connectivity index (χ3v) is 4.55. The van der Waals surface area contributed by atoms with Crippen molar-refractivity contribution in [1.29, 1.82) is 0 Å². The fraction of sp³-hybridized carbons (Fsp3) is 0.143. The lowest BCUT2D eigenvalue weighted by Crippen LogP contribution is -2.16. The van der Waals surface area contributed by atoms with Gasteiger partial charge in [-0.25, -0.2) is 9.37 Å². The predicted molar refractivity (Wildman–Crippen MR) is 107 cm³/mol. The van der Waals surface area contributed by atoms with Crippen LogP contribution in [0, 0.1) is 12.7 Å². The lowest BCUT2D eigenvalue weighted by molar-refractivity contribution is -0.142. The van der Waals surface area contributed by atoms with Crippen molar-refractivity contribution >= 4 is 17.4 Å². The van der Waals surface area contributed by atoms with E-state index in [0.717, 1.165) is 23.8 Å². The minimum absolute atomic E-state index is 0.0930. The molecule has 0 aliphatic carbocycles. The van der Waals surface area contributed by atoms with Crippen molar-refractivity contribution in [3.63, 3.8) is 0 Å². The third-order valence-electron chi connectivity index (χ3n) is 4.55. The molecule has 164 valence electrons. The van der Waals surface area contributed by atoms with Gasteiger partial charge in [0, 0.05) is 5.56 Å². The van der Waals surface area contributed by atoms with E-state index in [1.807, 2.05) is 0 Å². The number of fused-ring (bicyclic) bond motifs is 1. The van der Waals surface area contributed by atoms with Gasteiger partial charge < -0.3 is 10.1 Å². The summed E-state index contributed by atoms with van der Waals surface area (Å²) < 4.78 is 59.9. The number of benzene rings is 2. The molecule has 0 bridgehead atoms. The summed E-state index contributed by atoms with van der Waals surface area (Å²) in [4.78, 5) is 20.6. The predicted octanol–water partition coefficient (Wildman–Crippen LogP) is 4.52. The zero-order valence-electron chi connectivity index (χ0n) is 16.7. The van der Waals surface area contributed by atoms with Crippen LogP contribution in [0.15, 0.2) is 48.5 Å². The molecule has 0 aliphatic rings. The summed E-state index contributed by atoms with van der Waals surface area (Å²) in [6, 6.07) is 10.6. The Kier molecular flexibility index (Phi) is 5.25. The molecule has 32 heavy (non-hydrogen) atoms. The quantitative estimate of drug-likeness (QED) is 0.467. The molecule has 2 aromatic heterocycles. The molecule has 0 saturated heterocycles. The Morgan fingerprint density at radius 3 is 2.44 bits per heavy atom. The maximum absolute atomic E-state index is 13.7. The third kappa shape index (κ3) is 4.09. The van der Waals surface area contributed by atoms with E-state index in [2.05, 4.69) is 20.4 Å². The van der Waals surface area contributed by atoms with E-state index in [0.29, 0.717) is 16.0 Å². The average molecular weight is 445 g/mol. The number of aromatic nitrogens is 4. The van der Waals surface area contributed by atoms with Crippen LogP contribution in [0.3, 0.4) is 0 Å². The van der Waals surface area contributed by atoms with E-state index in [4.69, 9.17) is 4.74 Å². The number of ether oxygens (including phenoxy) is 1. The van der Waals surface area contributed by atoms with Crippen LogP contribution in [0.4, 0.5) is 23.2 Å². The molecule has 0 unspecified atom stereocenters. The van der Waals surface area contributed by atoms with E-state index >= 15 is 0 Å². The standard InChI is InChI=1S/C21H15F4N5O2/c1-11-3-8-16(32-2)15(9-11)26-19(31)18-28-20-27-14(12-4-6-13(22)7-5-12)10-17(21(23,24)25)30(20)29-18/h3-10H,1-2H3,(H,26,31).